The SMILES string of the molecule is FC(F)(F)c1ccc(SNc2ccc(C3CC3)cc2)cc1. The lowest BCUT2D eigenvalue weighted by Gasteiger charge is -2.09. The van der Waals surface area contributed by atoms with Gasteiger partial charge in [0.1, 0.15) is 0 Å². The number of hydrogen-bond donors (Lipinski definition) is 1. The van der Waals surface area contributed by atoms with Crippen LogP contribution in [0, 0.1) is 0 Å². The summed E-state index contributed by atoms with van der Waals surface area (Å²) in [4.78, 5) is 0.745. The Balaban J connectivity index is 1.59. The van der Waals surface area contributed by atoms with Gasteiger partial charge in [-0.15, -0.1) is 0 Å². The Kier molecular flexibility index (Phi) is 3.85. The van der Waals surface area contributed by atoms with Crippen LogP contribution in [-0.4, -0.2) is 0 Å². The van der Waals surface area contributed by atoms with Crippen LogP contribution in [0.15, 0.2) is 53.4 Å². The van der Waals surface area contributed by atoms with Crippen molar-refractivity contribution in [1.82, 2.24) is 0 Å². The molecule has 2 aromatic carbocycles. The van der Waals surface area contributed by atoms with Crippen LogP contribution in [-0.2, 0) is 6.18 Å². The number of benzene rings is 2. The molecule has 0 atom stereocenters. The maximum Gasteiger partial charge on any atom is 0.416 e. The zero-order chi connectivity index (χ0) is 14.9. The minimum atomic E-state index is -4.28. The second kappa shape index (κ2) is 5.64. The number of anilines is 1. The van der Waals surface area contributed by atoms with E-state index in [-0.39, 0.29) is 0 Å². The maximum atomic E-state index is 12.5. The largest absolute Gasteiger partial charge is 0.416 e. The molecule has 1 aliphatic rings. The Morgan fingerprint density at radius 3 is 2.05 bits per heavy atom. The standard InChI is InChI=1S/C16H14F3NS/c17-16(18,19)13-5-9-15(10-6-13)21-20-14-7-3-12(4-8-14)11-1-2-11/h3-11,20H,1-2H2. The lowest BCUT2D eigenvalue weighted by Crippen LogP contribution is -2.04. The molecule has 1 nitrogen and oxygen atoms in total. The molecule has 1 fully saturated rings. The molecular formula is C16H14F3NS. The summed E-state index contributed by atoms with van der Waals surface area (Å²) in [6.45, 7) is 0. The average molecular weight is 309 g/mol. The highest BCUT2D eigenvalue weighted by Gasteiger charge is 2.29. The lowest BCUT2D eigenvalue weighted by atomic mass is 10.1. The van der Waals surface area contributed by atoms with Gasteiger partial charge in [-0.3, -0.25) is 0 Å². The van der Waals surface area contributed by atoms with Gasteiger partial charge < -0.3 is 4.72 Å². The number of alkyl halides is 3. The summed E-state index contributed by atoms with van der Waals surface area (Å²) in [6.07, 6.45) is -1.74. The van der Waals surface area contributed by atoms with E-state index in [9.17, 15) is 13.2 Å². The van der Waals surface area contributed by atoms with Gasteiger partial charge in [0, 0.05) is 10.6 Å². The minimum Gasteiger partial charge on any atom is -0.326 e. The molecule has 2 aromatic rings. The third-order valence-electron chi connectivity index (χ3n) is 3.43. The molecule has 5 heteroatoms. The number of hydrogen-bond acceptors (Lipinski definition) is 2. The van der Waals surface area contributed by atoms with E-state index in [1.165, 1.54) is 42.5 Å². The molecule has 0 spiro atoms. The molecule has 21 heavy (non-hydrogen) atoms. The third kappa shape index (κ3) is 3.73. The van der Waals surface area contributed by atoms with Crippen LogP contribution < -0.4 is 4.72 Å². The van der Waals surface area contributed by atoms with E-state index in [0.29, 0.717) is 0 Å². The molecule has 0 radical (unpaired) electrons. The average Bonchev–Trinajstić information content (AvgIpc) is 3.30. The molecule has 3 rings (SSSR count). The van der Waals surface area contributed by atoms with E-state index < -0.39 is 11.7 Å². The van der Waals surface area contributed by atoms with Crippen molar-refractivity contribution in [3.05, 3.63) is 59.7 Å². The minimum absolute atomic E-state index is 0.624. The first-order valence-corrected chi connectivity index (χ1v) is 7.54. The zero-order valence-electron chi connectivity index (χ0n) is 11.2. The molecule has 1 saturated carbocycles. The van der Waals surface area contributed by atoms with Gasteiger partial charge in [-0.25, -0.2) is 0 Å². The molecule has 110 valence electrons. The van der Waals surface area contributed by atoms with Crippen molar-refractivity contribution in [2.24, 2.45) is 0 Å². The van der Waals surface area contributed by atoms with Crippen molar-refractivity contribution in [2.45, 2.75) is 29.8 Å². The highest BCUT2D eigenvalue weighted by atomic mass is 32.2. The van der Waals surface area contributed by atoms with E-state index in [1.54, 1.807) is 0 Å². The van der Waals surface area contributed by atoms with E-state index in [0.717, 1.165) is 28.6 Å². The molecule has 0 unspecified atom stereocenters. The number of rotatable bonds is 4. The van der Waals surface area contributed by atoms with Gasteiger partial charge in [0.05, 0.1) is 5.56 Å². The van der Waals surface area contributed by atoms with Gasteiger partial charge in [0.25, 0.3) is 0 Å². The Labute approximate surface area is 125 Å². The van der Waals surface area contributed by atoms with Gasteiger partial charge in [-0.1, -0.05) is 12.1 Å². The monoisotopic (exact) mass is 309 g/mol. The van der Waals surface area contributed by atoms with Gasteiger partial charge in [0.2, 0.25) is 0 Å². The first kappa shape index (κ1) is 14.3. The first-order valence-electron chi connectivity index (χ1n) is 6.72. The summed E-state index contributed by atoms with van der Waals surface area (Å²) < 4.78 is 40.5. The predicted molar refractivity (Wildman–Crippen MR) is 79.3 cm³/mol. The van der Waals surface area contributed by atoms with E-state index in [1.807, 2.05) is 12.1 Å². The zero-order valence-corrected chi connectivity index (χ0v) is 12.0. The topological polar surface area (TPSA) is 12.0 Å². The van der Waals surface area contributed by atoms with E-state index in [2.05, 4.69) is 16.9 Å². The van der Waals surface area contributed by atoms with E-state index in [4.69, 9.17) is 0 Å². The van der Waals surface area contributed by atoms with Crippen LogP contribution in [0.1, 0.15) is 29.9 Å². The van der Waals surface area contributed by atoms with Crippen molar-refractivity contribution in [1.29, 1.82) is 0 Å². The van der Waals surface area contributed by atoms with Crippen molar-refractivity contribution in [2.75, 3.05) is 4.72 Å². The van der Waals surface area contributed by atoms with Crippen LogP contribution in [0.2, 0.25) is 0 Å². The third-order valence-corrected chi connectivity index (χ3v) is 4.27. The molecule has 1 aliphatic carbocycles. The van der Waals surface area contributed by atoms with Crippen LogP contribution in [0.5, 0.6) is 0 Å². The Morgan fingerprint density at radius 1 is 0.905 bits per heavy atom. The fourth-order valence-electron chi connectivity index (χ4n) is 2.07. The quantitative estimate of drug-likeness (QED) is 0.727. The molecule has 0 aromatic heterocycles. The van der Waals surface area contributed by atoms with Gasteiger partial charge >= 0.3 is 6.18 Å². The molecule has 0 aliphatic heterocycles. The number of halogens is 3. The van der Waals surface area contributed by atoms with Crippen LogP contribution in [0.4, 0.5) is 18.9 Å². The number of nitrogens with one attached hydrogen (secondary N) is 1. The van der Waals surface area contributed by atoms with Crippen LogP contribution >= 0.6 is 11.9 Å². The summed E-state index contributed by atoms with van der Waals surface area (Å²) >= 11 is 1.31. The second-order valence-corrected chi connectivity index (χ2v) is 6.00. The van der Waals surface area contributed by atoms with Gasteiger partial charge in [0.15, 0.2) is 0 Å². The van der Waals surface area contributed by atoms with Crippen molar-refractivity contribution in [3.8, 4) is 0 Å². The Bertz CT molecular complexity index is 601. The van der Waals surface area contributed by atoms with Crippen LogP contribution in [0.25, 0.3) is 0 Å². The molecule has 0 bridgehead atoms. The van der Waals surface area contributed by atoms with Gasteiger partial charge in [-0.2, -0.15) is 13.2 Å². The first-order chi connectivity index (χ1) is 10.0. The maximum absolute atomic E-state index is 12.5. The molecule has 0 saturated heterocycles. The van der Waals surface area contributed by atoms with E-state index >= 15 is 0 Å². The van der Waals surface area contributed by atoms with Crippen LogP contribution in [0.3, 0.4) is 0 Å². The normalized spacial score (nSPS) is 15.0. The summed E-state index contributed by atoms with van der Waals surface area (Å²) in [5.74, 6) is 0.724. The molecule has 0 amide bonds. The second-order valence-electron chi connectivity index (χ2n) is 5.12. The lowest BCUT2D eigenvalue weighted by molar-refractivity contribution is -0.137. The highest BCUT2D eigenvalue weighted by Crippen LogP contribution is 2.40. The summed E-state index contributed by atoms with van der Waals surface area (Å²) in [5.41, 5.74) is 1.69. The summed E-state index contributed by atoms with van der Waals surface area (Å²) in [5, 5.41) is 0. The molecule has 1 N–H and O–H groups in total. The summed E-state index contributed by atoms with van der Waals surface area (Å²) in [7, 11) is 0. The van der Waals surface area contributed by atoms with Crippen molar-refractivity contribution in [3.63, 3.8) is 0 Å². The smallest absolute Gasteiger partial charge is 0.326 e. The fourth-order valence-corrected chi connectivity index (χ4v) is 2.71. The highest BCUT2D eigenvalue weighted by molar-refractivity contribution is 8.00. The Hall–Kier alpha value is -1.62. The predicted octanol–water partition coefficient (Wildman–Crippen LogP) is 5.70. The molecular weight excluding hydrogens is 295 g/mol. The van der Waals surface area contributed by atoms with Gasteiger partial charge in [-0.05, 0) is 72.7 Å². The molecule has 0 heterocycles. The Morgan fingerprint density at radius 2 is 1.52 bits per heavy atom. The van der Waals surface area contributed by atoms with Crippen molar-refractivity contribution < 1.29 is 13.2 Å². The summed E-state index contributed by atoms with van der Waals surface area (Å²) in [6, 6.07) is 13.4. The van der Waals surface area contributed by atoms with Crippen molar-refractivity contribution >= 4 is 17.6 Å². The fraction of sp³-hybridized carbons (Fsp3) is 0.250.